The highest BCUT2D eigenvalue weighted by Gasteiger charge is 2.32. The normalized spacial score (nSPS) is 18.5. The number of ether oxygens (including phenoxy) is 1. The summed E-state index contributed by atoms with van der Waals surface area (Å²) in [6.07, 6.45) is 2.20. The summed E-state index contributed by atoms with van der Waals surface area (Å²) in [6, 6.07) is 15.9. The van der Waals surface area contributed by atoms with Crippen LogP contribution in [0.25, 0.3) is 11.1 Å². The predicted molar refractivity (Wildman–Crippen MR) is 128 cm³/mol. The lowest BCUT2D eigenvalue weighted by atomic mass is 9.98. The van der Waals surface area contributed by atoms with Crippen molar-refractivity contribution in [1.29, 1.82) is 0 Å². The molecular formula is C26H26N4O5. The number of rotatable bonds is 6. The Balaban J connectivity index is 1.24. The minimum Gasteiger partial charge on any atom is -0.481 e. The van der Waals surface area contributed by atoms with Crippen LogP contribution in [0.4, 0.5) is 10.6 Å². The van der Waals surface area contributed by atoms with Crippen molar-refractivity contribution in [1.82, 2.24) is 15.1 Å². The van der Waals surface area contributed by atoms with E-state index in [-0.39, 0.29) is 29.9 Å². The molecule has 1 fully saturated rings. The fourth-order valence-electron chi connectivity index (χ4n) is 5.08. The zero-order valence-corrected chi connectivity index (χ0v) is 19.2. The number of fused-ring (bicyclic) bond motifs is 3. The molecule has 0 radical (unpaired) electrons. The van der Waals surface area contributed by atoms with Crippen LogP contribution in [-0.2, 0) is 16.6 Å². The Morgan fingerprint density at radius 1 is 1.06 bits per heavy atom. The monoisotopic (exact) mass is 474 g/mol. The van der Waals surface area contributed by atoms with Crippen LogP contribution in [0.2, 0.25) is 0 Å². The maximum atomic E-state index is 12.8. The summed E-state index contributed by atoms with van der Waals surface area (Å²) in [5.41, 5.74) is 4.69. The average molecular weight is 475 g/mol. The summed E-state index contributed by atoms with van der Waals surface area (Å²) in [7, 11) is 1.62. The van der Waals surface area contributed by atoms with Crippen LogP contribution in [0.3, 0.4) is 0 Å². The molecule has 0 spiro atoms. The van der Waals surface area contributed by atoms with E-state index in [0.29, 0.717) is 19.3 Å². The average Bonchev–Trinajstić information content (AvgIpc) is 3.54. The van der Waals surface area contributed by atoms with Crippen molar-refractivity contribution >= 4 is 23.8 Å². The lowest BCUT2D eigenvalue weighted by molar-refractivity contribution is -0.141. The van der Waals surface area contributed by atoms with E-state index in [2.05, 4.69) is 27.9 Å². The van der Waals surface area contributed by atoms with Crippen molar-refractivity contribution in [3.8, 4) is 11.1 Å². The summed E-state index contributed by atoms with van der Waals surface area (Å²) < 4.78 is 6.98. The van der Waals surface area contributed by atoms with Crippen LogP contribution < -0.4 is 10.6 Å². The van der Waals surface area contributed by atoms with Gasteiger partial charge in [-0.1, -0.05) is 48.5 Å². The smallest absolute Gasteiger partial charge is 0.412 e. The fraction of sp³-hybridized carbons (Fsp3) is 0.308. The lowest BCUT2D eigenvalue weighted by Gasteiger charge is -2.16. The van der Waals surface area contributed by atoms with E-state index in [1.807, 2.05) is 36.4 Å². The van der Waals surface area contributed by atoms with Crippen molar-refractivity contribution in [2.45, 2.75) is 31.2 Å². The standard InChI is InChI=1S/C26H26N4O5/c1-30-23(21(13-27-30)24(31)28-16-11-10-15(12-16)25(32)33)29-26(34)35-14-22-19-8-4-2-6-17(19)18-7-3-5-9-20(18)22/h2-9,13,15-16,22H,10-12,14H2,1H3,(H,28,31)(H,29,34)(H,32,33)/t15-,16+/m0/s1. The molecule has 180 valence electrons. The van der Waals surface area contributed by atoms with Crippen molar-refractivity contribution < 1.29 is 24.2 Å². The van der Waals surface area contributed by atoms with E-state index in [0.717, 1.165) is 22.3 Å². The highest BCUT2D eigenvalue weighted by molar-refractivity contribution is 6.01. The molecule has 1 heterocycles. The van der Waals surface area contributed by atoms with Crippen LogP contribution in [0.15, 0.2) is 54.7 Å². The van der Waals surface area contributed by atoms with Crippen molar-refractivity contribution in [2.75, 3.05) is 11.9 Å². The molecule has 35 heavy (non-hydrogen) atoms. The number of nitrogens with zero attached hydrogens (tertiary/aromatic N) is 2. The first kappa shape index (κ1) is 22.6. The van der Waals surface area contributed by atoms with E-state index in [1.165, 1.54) is 10.9 Å². The molecule has 2 amide bonds. The van der Waals surface area contributed by atoms with Crippen LogP contribution in [0.1, 0.15) is 46.7 Å². The molecule has 2 aromatic carbocycles. The largest absolute Gasteiger partial charge is 0.481 e. The quantitative estimate of drug-likeness (QED) is 0.500. The Hall–Kier alpha value is -4.14. The van der Waals surface area contributed by atoms with E-state index < -0.39 is 23.9 Å². The molecule has 5 rings (SSSR count). The third kappa shape index (κ3) is 4.37. The molecule has 0 saturated heterocycles. The Labute approximate surface area is 202 Å². The van der Waals surface area contributed by atoms with Gasteiger partial charge in [0.15, 0.2) is 0 Å². The van der Waals surface area contributed by atoms with Gasteiger partial charge >= 0.3 is 12.1 Å². The van der Waals surface area contributed by atoms with E-state index in [9.17, 15) is 19.5 Å². The van der Waals surface area contributed by atoms with Gasteiger partial charge in [0.1, 0.15) is 18.0 Å². The third-order valence-electron chi connectivity index (χ3n) is 6.86. The highest BCUT2D eigenvalue weighted by Crippen LogP contribution is 2.44. The SMILES string of the molecule is Cn1ncc(C(=O)N[C@@H]2CC[C@H](C(=O)O)C2)c1NC(=O)OCC1c2ccccc2-c2ccccc21. The van der Waals surface area contributed by atoms with Gasteiger partial charge in [-0.15, -0.1) is 0 Å². The summed E-state index contributed by atoms with van der Waals surface area (Å²) in [5.74, 6) is -1.57. The maximum Gasteiger partial charge on any atom is 0.412 e. The minimum absolute atomic E-state index is 0.0768. The van der Waals surface area contributed by atoms with Gasteiger partial charge in [-0.2, -0.15) is 5.10 Å². The topological polar surface area (TPSA) is 123 Å². The number of amides is 2. The highest BCUT2D eigenvalue weighted by atomic mass is 16.5. The van der Waals surface area contributed by atoms with E-state index >= 15 is 0 Å². The van der Waals surface area contributed by atoms with Gasteiger partial charge in [0.25, 0.3) is 5.91 Å². The van der Waals surface area contributed by atoms with Gasteiger partial charge in [-0.05, 0) is 41.5 Å². The van der Waals surface area contributed by atoms with Crippen molar-refractivity contribution in [3.05, 3.63) is 71.4 Å². The number of hydrogen-bond acceptors (Lipinski definition) is 5. The molecule has 0 unspecified atom stereocenters. The summed E-state index contributed by atoms with van der Waals surface area (Å²) in [4.78, 5) is 36.7. The van der Waals surface area contributed by atoms with Gasteiger partial charge in [-0.3, -0.25) is 19.6 Å². The Kier molecular flexibility index (Phi) is 5.98. The molecule has 0 bridgehead atoms. The number of benzene rings is 2. The lowest BCUT2D eigenvalue weighted by Crippen LogP contribution is -2.34. The molecule has 2 aliphatic carbocycles. The van der Waals surface area contributed by atoms with Gasteiger partial charge < -0.3 is 15.2 Å². The number of carbonyl (C=O) groups excluding carboxylic acids is 2. The van der Waals surface area contributed by atoms with Crippen LogP contribution in [0, 0.1) is 5.92 Å². The summed E-state index contributed by atoms with van der Waals surface area (Å²) >= 11 is 0. The number of anilines is 1. The van der Waals surface area contributed by atoms with Crippen LogP contribution in [0.5, 0.6) is 0 Å². The second kappa shape index (κ2) is 9.25. The minimum atomic E-state index is -0.847. The molecule has 3 N–H and O–H groups in total. The number of carboxylic acids is 1. The van der Waals surface area contributed by atoms with E-state index in [4.69, 9.17) is 4.74 Å². The Morgan fingerprint density at radius 2 is 1.71 bits per heavy atom. The number of carboxylic acid groups (broad SMARTS) is 1. The third-order valence-corrected chi connectivity index (χ3v) is 6.86. The maximum absolute atomic E-state index is 12.8. The zero-order chi connectivity index (χ0) is 24.5. The molecule has 0 aliphatic heterocycles. The van der Waals surface area contributed by atoms with Crippen LogP contribution in [-0.4, -0.2) is 45.5 Å². The summed E-state index contributed by atoms with van der Waals surface area (Å²) in [5, 5.41) is 18.8. The zero-order valence-electron chi connectivity index (χ0n) is 19.2. The molecule has 9 heteroatoms. The Bertz CT molecular complexity index is 1250. The number of aliphatic carboxylic acids is 1. The van der Waals surface area contributed by atoms with Gasteiger partial charge in [-0.25, -0.2) is 4.79 Å². The number of aryl methyl sites for hydroxylation is 1. The van der Waals surface area contributed by atoms with Crippen molar-refractivity contribution in [2.24, 2.45) is 13.0 Å². The van der Waals surface area contributed by atoms with Crippen LogP contribution >= 0.6 is 0 Å². The second-order valence-electron chi connectivity index (χ2n) is 9.00. The van der Waals surface area contributed by atoms with Gasteiger partial charge in [0.05, 0.1) is 12.1 Å². The van der Waals surface area contributed by atoms with Gasteiger partial charge in [0.2, 0.25) is 0 Å². The number of aromatic nitrogens is 2. The van der Waals surface area contributed by atoms with E-state index in [1.54, 1.807) is 7.05 Å². The number of hydrogen-bond donors (Lipinski definition) is 3. The first-order valence-electron chi connectivity index (χ1n) is 11.6. The molecule has 1 aromatic heterocycles. The number of carbonyl (C=O) groups is 3. The predicted octanol–water partition coefficient (Wildman–Crippen LogP) is 3.76. The second-order valence-corrected chi connectivity index (χ2v) is 9.00. The Morgan fingerprint density at radius 3 is 2.34 bits per heavy atom. The molecule has 2 aliphatic rings. The molecular weight excluding hydrogens is 448 g/mol. The summed E-state index contributed by atoms with van der Waals surface area (Å²) in [6.45, 7) is 0.151. The fourth-order valence-corrected chi connectivity index (χ4v) is 5.08. The first-order chi connectivity index (χ1) is 16.9. The molecule has 1 saturated carbocycles. The molecule has 2 atom stereocenters. The first-order valence-corrected chi connectivity index (χ1v) is 11.6. The van der Waals surface area contributed by atoms with Gasteiger partial charge in [0, 0.05) is 19.0 Å². The van der Waals surface area contributed by atoms with Crippen molar-refractivity contribution in [3.63, 3.8) is 0 Å². The molecule has 3 aromatic rings. The number of nitrogens with one attached hydrogen (secondary N) is 2. The molecule has 9 nitrogen and oxygen atoms in total.